The van der Waals surface area contributed by atoms with Crippen LogP contribution < -0.4 is 10.6 Å². The highest BCUT2D eigenvalue weighted by Crippen LogP contribution is 2.30. The van der Waals surface area contributed by atoms with Crippen LogP contribution in [0.1, 0.15) is 58.1 Å². The molecule has 2 aliphatic rings. The van der Waals surface area contributed by atoms with E-state index < -0.39 is 29.4 Å². The molecular weight excluding hydrogens is 442 g/mol. The quantitative estimate of drug-likeness (QED) is 0.606. The zero-order valence-corrected chi connectivity index (χ0v) is 20.4. The Hall–Kier alpha value is -3.30. The standard InChI is InChI=1S/C24H33N3O7/c1-6-32-21(29)18-16(25-23(31)26-19(18)17-8-7-14(2)34-17)13-33-20(28)15-9-11-27(12-10-15)22(30)24(3,4)5/h7-8,15,19H,6,9-13H2,1-5H3,(H2,25,26,31)/t19-/m0/s1. The summed E-state index contributed by atoms with van der Waals surface area (Å²) in [6.07, 6.45) is 0.985. The van der Waals surface area contributed by atoms with E-state index in [4.69, 9.17) is 13.9 Å². The first-order chi connectivity index (χ1) is 16.0. The maximum atomic E-state index is 12.7. The molecule has 0 bridgehead atoms. The summed E-state index contributed by atoms with van der Waals surface area (Å²) in [5, 5.41) is 5.23. The normalized spacial score (nSPS) is 19.4. The molecule has 1 aromatic rings. The molecule has 10 heteroatoms. The van der Waals surface area contributed by atoms with E-state index in [-0.39, 0.29) is 36.3 Å². The van der Waals surface area contributed by atoms with Gasteiger partial charge in [0.25, 0.3) is 0 Å². The van der Waals surface area contributed by atoms with Crippen molar-refractivity contribution in [3.63, 3.8) is 0 Å². The molecule has 0 spiro atoms. The first-order valence-corrected chi connectivity index (χ1v) is 11.5. The smallest absolute Gasteiger partial charge is 0.338 e. The molecule has 10 nitrogen and oxygen atoms in total. The summed E-state index contributed by atoms with van der Waals surface area (Å²) in [7, 11) is 0. The van der Waals surface area contributed by atoms with Crippen molar-refractivity contribution < 1.29 is 33.1 Å². The molecule has 2 aliphatic heterocycles. The van der Waals surface area contributed by atoms with Crippen molar-refractivity contribution in [1.29, 1.82) is 0 Å². The molecule has 1 aromatic heterocycles. The number of hydrogen-bond donors (Lipinski definition) is 2. The predicted octanol–water partition coefficient (Wildman–Crippen LogP) is 2.59. The van der Waals surface area contributed by atoms with Gasteiger partial charge in [-0.1, -0.05) is 20.8 Å². The van der Waals surface area contributed by atoms with Crippen molar-refractivity contribution in [3.05, 3.63) is 34.9 Å². The van der Waals surface area contributed by atoms with Gasteiger partial charge in [0.2, 0.25) is 5.91 Å². The Morgan fingerprint density at radius 2 is 1.82 bits per heavy atom. The minimum Gasteiger partial charge on any atom is -0.464 e. The summed E-state index contributed by atoms with van der Waals surface area (Å²) in [5.41, 5.74) is -0.205. The molecule has 3 heterocycles. The van der Waals surface area contributed by atoms with Gasteiger partial charge in [-0.05, 0) is 38.8 Å². The number of hydrogen-bond acceptors (Lipinski definition) is 7. The van der Waals surface area contributed by atoms with E-state index in [1.807, 2.05) is 20.8 Å². The number of ether oxygens (including phenoxy) is 2. The number of carbonyl (C=O) groups is 4. The average Bonchev–Trinajstić information content (AvgIpc) is 3.22. The number of carbonyl (C=O) groups excluding carboxylic acids is 4. The Balaban J connectivity index is 1.71. The van der Waals surface area contributed by atoms with E-state index in [1.165, 1.54) is 0 Å². The largest absolute Gasteiger partial charge is 0.464 e. The van der Waals surface area contributed by atoms with Gasteiger partial charge in [-0.15, -0.1) is 0 Å². The van der Waals surface area contributed by atoms with Crippen LogP contribution in [0, 0.1) is 18.3 Å². The van der Waals surface area contributed by atoms with Gasteiger partial charge in [0.15, 0.2) is 0 Å². The van der Waals surface area contributed by atoms with E-state index in [9.17, 15) is 19.2 Å². The van der Waals surface area contributed by atoms with Gasteiger partial charge >= 0.3 is 18.0 Å². The van der Waals surface area contributed by atoms with Crippen LogP contribution in [0.3, 0.4) is 0 Å². The van der Waals surface area contributed by atoms with Crippen molar-refractivity contribution >= 4 is 23.9 Å². The third-order valence-electron chi connectivity index (χ3n) is 5.81. The number of nitrogens with one attached hydrogen (secondary N) is 2. The molecule has 0 aliphatic carbocycles. The number of rotatable bonds is 6. The van der Waals surface area contributed by atoms with Crippen molar-refractivity contribution in [2.24, 2.45) is 11.3 Å². The molecule has 3 rings (SSSR count). The second-order valence-corrected chi connectivity index (χ2v) is 9.52. The molecule has 1 atom stereocenters. The number of aryl methyl sites for hydroxylation is 1. The highest BCUT2D eigenvalue weighted by Gasteiger charge is 2.37. The van der Waals surface area contributed by atoms with Crippen molar-refractivity contribution in [2.75, 3.05) is 26.3 Å². The van der Waals surface area contributed by atoms with Crippen molar-refractivity contribution in [1.82, 2.24) is 15.5 Å². The summed E-state index contributed by atoms with van der Waals surface area (Å²) >= 11 is 0. The number of nitrogens with zero attached hydrogens (tertiary/aromatic N) is 1. The molecule has 0 aromatic carbocycles. The highest BCUT2D eigenvalue weighted by atomic mass is 16.5. The van der Waals surface area contributed by atoms with Crippen LogP contribution in [-0.4, -0.2) is 55.1 Å². The molecule has 0 saturated carbocycles. The lowest BCUT2D eigenvalue weighted by Crippen LogP contribution is -2.47. The van der Waals surface area contributed by atoms with Crippen LogP contribution >= 0.6 is 0 Å². The Kier molecular flexibility index (Phi) is 7.68. The number of esters is 2. The molecule has 2 N–H and O–H groups in total. The van der Waals surface area contributed by atoms with Crippen LogP contribution in [-0.2, 0) is 23.9 Å². The monoisotopic (exact) mass is 475 g/mol. The third kappa shape index (κ3) is 5.78. The first kappa shape index (κ1) is 25.3. The Morgan fingerprint density at radius 3 is 2.38 bits per heavy atom. The zero-order valence-electron chi connectivity index (χ0n) is 20.4. The van der Waals surface area contributed by atoms with Crippen molar-refractivity contribution in [2.45, 2.75) is 53.5 Å². The van der Waals surface area contributed by atoms with Gasteiger partial charge < -0.3 is 29.4 Å². The van der Waals surface area contributed by atoms with Crippen LogP contribution in [0.4, 0.5) is 4.79 Å². The molecule has 3 amide bonds. The second-order valence-electron chi connectivity index (χ2n) is 9.52. The number of urea groups is 1. The molecule has 0 radical (unpaired) electrons. The maximum absolute atomic E-state index is 12.7. The van der Waals surface area contributed by atoms with Gasteiger partial charge in [0.05, 0.1) is 23.8 Å². The Morgan fingerprint density at radius 1 is 1.15 bits per heavy atom. The fraction of sp³-hybridized carbons (Fsp3) is 0.583. The number of piperidine rings is 1. The molecule has 34 heavy (non-hydrogen) atoms. The van der Waals surface area contributed by atoms with E-state index in [0.717, 1.165) is 0 Å². The maximum Gasteiger partial charge on any atom is 0.338 e. The molecule has 0 unspecified atom stereocenters. The lowest BCUT2D eigenvalue weighted by molar-refractivity contribution is -0.152. The zero-order chi connectivity index (χ0) is 25.0. The fourth-order valence-electron chi connectivity index (χ4n) is 4.06. The van der Waals surface area contributed by atoms with E-state index in [2.05, 4.69) is 10.6 Å². The second kappa shape index (κ2) is 10.3. The summed E-state index contributed by atoms with van der Waals surface area (Å²) in [6, 6.07) is 1.97. The summed E-state index contributed by atoms with van der Waals surface area (Å²) < 4.78 is 16.3. The SMILES string of the molecule is CCOC(=O)C1=C(COC(=O)C2CCN(C(=O)C(C)(C)C)CC2)NC(=O)N[C@H]1c1ccc(C)o1. The average molecular weight is 476 g/mol. The van der Waals surface area contributed by atoms with Gasteiger partial charge in [0, 0.05) is 18.5 Å². The number of likely N-dealkylation sites (tertiary alicyclic amines) is 1. The van der Waals surface area contributed by atoms with Crippen LogP contribution in [0.15, 0.2) is 27.8 Å². The topological polar surface area (TPSA) is 127 Å². The minimum atomic E-state index is -0.873. The fourth-order valence-corrected chi connectivity index (χ4v) is 4.06. The van der Waals surface area contributed by atoms with Gasteiger partial charge in [-0.2, -0.15) is 0 Å². The predicted molar refractivity (Wildman–Crippen MR) is 121 cm³/mol. The van der Waals surface area contributed by atoms with Crippen LogP contribution in [0.2, 0.25) is 0 Å². The lowest BCUT2D eigenvalue weighted by atomic mass is 9.91. The van der Waals surface area contributed by atoms with Crippen molar-refractivity contribution in [3.8, 4) is 0 Å². The van der Waals surface area contributed by atoms with E-state index in [1.54, 1.807) is 30.9 Å². The van der Waals surface area contributed by atoms with E-state index >= 15 is 0 Å². The summed E-state index contributed by atoms with van der Waals surface area (Å²) in [5.74, 6) is -0.395. The summed E-state index contributed by atoms with van der Waals surface area (Å²) in [6.45, 7) is 9.84. The lowest BCUT2D eigenvalue weighted by Gasteiger charge is -2.35. The molecular formula is C24H33N3O7. The Labute approximate surface area is 199 Å². The first-order valence-electron chi connectivity index (χ1n) is 11.5. The minimum absolute atomic E-state index is 0.0557. The van der Waals surface area contributed by atoms with Gasteiger partial charge in [-0.25, -0.2) is 9.59 Å². The van der Waals surface area contributed by atoms with Crippen LogP contribution in [0.25, 0.3) is 0 Å². The van der Waals surface area contributed by atoms with Gasteiger partial charge in [-0.3, -0.25) is 9.59 Å². The van der Waals surface area contributed by atoms with Gasteiger partial charge in [0.1, 0.15) is 24.2 Å². The van der Waals surface area contributed by atoms with Crippen LogP contribution in [0.5, 0.6) is 0 Å². The molecule has 1 saturated heterocycles. The molecule has 1 fully saturated rings. The highest BCUT2D eigenvalue weighted by molar-refractivity contribution is 5.95. The summed E-state index contributed by atoms with van der Waals surface area (Å²) in [4.78, 5) is 52.0. The van der Waals surface area contributed by atoms with E-state index in [0.29, 0.717) is 37.5 Å². The third-order valence-corrected chi connectivity index (χ3v) is 5.81. The number of furan rings is 1. The Bertz CT molecular complexity index is 981. The number of amides is 3. The molecule has 186 valence electrons.